The summed E-state index contributed by atoms with van der Waals surface area (Å²) in [5.74, 6) is 0.569. The van der Waals surface area contributed by atoms with Crippen molar-refractivity contribution in [2.45, 2.75) is 77.0 Å². The minimum Gasteiger partial charge on any atom is -0.458 e. The molecule has 3 unspecified atom stereocenters. The lowest BCUT2D eigenvalue weighted by molar-refractivity contribution is -0.314. The van der Waals surface area contributed by atoms with Crippen LogP contribution in [0.3, 0.4) is 0 Å². The van der Waals surface area contributed by atoms with E-state index in [4.69, 9.17) is 24.0 Å². The number of aromatic nitrogens is 2. The summed E-state index contributed by atoms with van der Waals surface area (Å²) in [5, 5.41) is 5.04. The first-order chi connectivity index (χ1) is 21.2. The van der Waals surface area contributed by atoms with Crippen LogP contribution in [0.2, 0.25) is 0 Å². The Labute approximate surface area is 267 Å². The number of nitrogens with zero attached hydrogens (tertiary/aromatic N) is 2. The van der Waals surface area contributed by atoms with E-state index >= 15 is 0 Å². The fraction of sp³-hybridized carbons (Fsp3) is 0.500. The van der Waals surface area contributed by atoms with Crippen LogP contribution in [0.1, 0.15) is 64.7 Å². The largest absolute Gasteiger partial charge is 0.458 e. The fourth-order valence-electron chi connectivity index (χ4n) is 9.53. The van der Waals surface area contributed by atoms with Gasteiger partial charge < -0.3 is 18.9 Å². The van der Waals surface area contributed by atoms with Gasteiger partial charge in [0.05, 0.1) is 41.2 Å². The molecule has 3 aliphatic heterocycles. The minimum absolute atomic E-state index is 0.0648. The number of cyclic esters (lactones) is 1. The number of carbonyl (C=O) groups excluding carboxylic acids is 1. The Kier molecular flexibility index (Phi) is 6.76. The van der Waals surface area contributed by atoms with Crippen LogP contribution in [0.4, 0.5) is 0 Å². The molecule has 8 heteroatoms. The summed E-state index contributed by atoms with van der Waals surface area (Å²) in [6.07, 6.45) is 8.29. The number of ether oxygens (including phenoxy) is 4. The molecule has 8 rings (SSSR count). The number of fused-ring (bicyclic) bond motifs is 5. The first-order valence-corrected chi connectivity index (χ1v) is 16.7. The van der Waals surface area contributed by atoms with Gasteiger partial charge >= 0.3 is 5.97 Å². The zero-order valence-electron chi connectivity index (χ0n) is 25.5. The third kappa shape index (κ3) is 4.39. The van der Waals surface area contributed by atoms with Crippen LogP contribution in [-0.2, 0) is 23.7 Å². The Morgan fingerprint density at radius 2 is 1.82 bits per heavy atom. The van der Waals surface area contributed by atoms with E-state index in [1.54, 1.807) is 0 Å². The predicted octanol–water partition coefficient (Wildman–Crippen LogP) is 7.58. The molecule has 2 saturated heterocycles. The number of benzene rings is 2. The molecular weight excluding hydrogens is 620 g/mol. The number of hydrogen-bond acceptors (Lipinski definition) is 6. The molecule has 2 aliphatic carbocycles. The van der Waals surface area contributed by atoms with E-state index in [1.165, 1.54) is 0 Å². The van der Waals surface area contributed by atoms with Crippen molar-refractivity contribution in [2.75, 3.05) is 13.2 Å². The van der Waals surface area contributed by atoms with Crippen molar-refractivity contribution < 1.29 is 23.7 Å². The minimum atomic E-state index is -0.503. The highest BCUT2D eigenvalue weighted by molar-refractivity contribution is 9.10. The summed E-state index contributed by atoms with van der Waals surface area (Å²) in [7, 11) is 0. The van der Waals surface area contributed by atoms with E-state index in [9.17, 15) is 4.79 Å². The second kappa shape index (κ2) is 10.4. The fourth-order valence-corrected chi connectivity index (χ4v) is 9.93. The first kappa shape index (κ1) is 28.7. The summed E-state index contributed by atoms with van der Waals surface area (Å²) in [4.78, 5) is 12.4. The Balaban J connectivity index is 1.08. The van der Waals surface area contributed by atoms with Crippen LogP contribution < -0.4 is 0 Å². The third-order valence-electron chi connectivity index (χ3n) is 11.6. The molecule has 8 atom stereocenters. The molecule has 4 heterocycles. The highest BCUT2D eigenvalue weighted by Crippen LogP contribution is 2.67. The van der Waals surface area contributed by atoms with Gasteiger partial charge in [-0.1, -0.05) is 60.1 Å². The highest BCUT2D eigenvalue weighted by atomic mass is 79.9. The molecule has 3 aromatic rings. The SMILES string of the molecule is CC12CC[C@@H]3[C@]4(C)COC(c5cn(-c6ccccc6)nc5-c5cccc(Br)c5)O[C@@H]4CC[C@@]3(C)[C@@H]1CC(C1=CCOC1=O)O2. The van der Waals surface area contributed by atoms with Crippen LogP contribution >= 0.6 is 15.9 Å². The lowest BCUT2D eigenvalue weighted by Gasteiger charge is -2.64. The average Bonchev–Trinajstić information content (AvgIpc) is 3.74. The van der Waals surface area contributed by atoms with Crippen LogP contribution in [-0.4, -0.2) is 46.8 Å². The number of halogens is 1. The van der Waals surface area contributed by atoms with Crippen molar-refractivity contribution in [1.82, 2.24) is 9.78 Å². The van der Waals surface area contributed by atoms with E-state index in [-0.39, 0.29) is 34.6 Å². The van der Waals surface area contributed by atoms with Gasteiger partial charge in [0.1, 0.15) is 12.3 Å². The molecule has 5 aliphatic rings. The van der Waals surface area contributed by atoms with Crippen molar-refractivity contribution in [2.24, 2.45) is 22.7 Å². The van der Waals surface area contributed by atoms with E-state index in [2.05, 4.69) is 67.2 Å². The van der Waals surface area contributed by atoms with Crippen molar-refractivity contribution in [3.63, 3.8) is 0 Å². The molecule has 0 bridgehead atoms. The van der Waals surface area contributed by atoms with Gasteiger partial charge in [-0.05, 0) is 86.6 Å². The van der Waals surface area contributed by atoms with E-state index in [0.29, 0.717) is 30.6 Å². The lowest BCUT2D eigenvalue weighted by Crippen LogP contribution is -2.63. The zero-order chi connectivity index (χ0) is 30.3. The lowest BCUT2D eigenvalue weighted by atomic mass is 9.44. The van der Waals surface area contributed by atoms with E-state index in [0.717, 1.165) is 59.1 Å². The second-order valence-corrected chi connectivity index (χ2v) is 15.0. The quantitative estimate of drug-likeness (QED) is 0.269. The third-order valence-corrected chi connectivity index (χ3v) is 12.1. The molecule has 2 saturated carbocycles. The average molecular weight is 660 g/mol. The molecule has 0 N–H and O–H groups in total. The van der Waals surface area contributed by atoms with Crippen molar-refractivity contribution >= 4 is 21.9 Å². The summed E-state index contributed by atoms with van der Waals surface area (Å²) in [5.41, 5.74) is 4.23. The van der Waals surface area contributed by atoms with E-state index < -0.39 is 6.29 Å². The number of hydrogen-bond donors (Lipinski definition) is 0. The molecule has 0 radical (unpaired) electrons. The molecule has 2 aromatic carbocycles. The number of rotatable bonds is 4. The van der Waals surface area contributed by atoms with Gasteiger partial charge in [-0.25, -0.2) is 9.48 Å². The maximum Gasteiger partial charge on any atom is 0.336 e. The van der Waals surface area contributed by atoms with Crippen LogP contribution in [0.5, 0.6) is 0 Å². The van der Waals surface area contributed by atoms with Crippen molar-refractivity contribution in [3.05, 3.63) is 82.5 Å². The first-order valence-electron chi connectivity index (χ1n) is 15.9. The number of para-hydroxylation sites is 1. The molecule has 230 valence electrons. The summed E-state index contributed by atoms with van der Waals surface area (Å²) < 4.78 is 28.6. The molecule has 7 nitrogen and oxygen atoms in total. The zero-order valence-corrected chi connectivity index (χ0v) is 27.1. The van der Waals surface area contributed by atoms with Crippen molar-refractivity contribution in [3.8, 4) is 16.9 Å². The Morgan fingerprint density at radius 1 is 0.977 bits per heavy atom. The monoisotopic (exact) mass is 658 g/mol. The van der Waals surface area contributed by atoms with E-state index in [1.807, 2.05) is 41.1 Å². The van der Waals surface area contributed by atoms with Crippen LogP contribution in [0, 0.1) is 22.7 Å². The topological polar surface area (TPSA) is 71.8 Å². The number of esters is 1. The molecule has 0 spiro atoms. The standard InChI is InChI=1S/C36H39BrN2O5/c1-34-15-13-30-35(2,28(34)12-16-36(3)29(34)19-27(44-36)25-14-17-41-32(25)40)21-42-33(43-30)26-20-39(24-10-5-4-6-11-24)38-31(26)22-8-7-9-23(37)18-22/h4-11,14,18,20,27-30,33H,12-13,15-17,19,21H2,1-3H3/t27?,28-,29-,30+,33?,34+,35-,36?/m0/s1. The predicted molar refractivity (Wildman–Crippen MR) is 169 cm³/mol. The maximum absolute atomic E-state index is 12.4. The van der Waals surface area contributed by atoms with Gasteiger partial charge in [0.15, 0.2) is 6.29 Å². The van der Waals surface area contributed by atoms with Crippen molar-refractivity contribution in [1.29, 1.82) is 0 Å². The molecule has 1 aromatic heterocycles. The van der Waals surface area contributed by atoms with Gasteiger partial charge in [-0.3, -0.25) is 0 Å². The van der Waals surface area contributed by atoms with Gasteiger partial charge in [0.25, 0.3) is 0 Å². The molecular formula is C36H39BrN2O5. The summed E-state index contributed by atoms with van der Waals surface area (Å²) >= 11 is 3.64. The summed E-state index contributed by atoms with van der Waals surface area (Å²) in [6.45, 7) is 8.11. The second-order valence-electron chi connectivity index (χ2n) is 14.1. The van der Waals surface area contributed by atoms with Gasteiger partial charge in [0, 0.05) is 21.6 Å². The number of carbonyl (C=O) groups is 1. The van der Waals surface area contributed by atoms with Gasteiger partial charge in [-0.2, -0.15) is 5.10 Å². The highest BCUT2D eigenvalue weighted by Gasteiger charge is 2.66. The van der Waals surface area contributed by atoms with Gasteiger partial charge in [-0.15, -0.1) is 0 Å². The normalized spacial score (nSPS) is 38.0. The van der Waals surface area contributed by atoms with Gasteiger partial charge in [0.2, 0.25) is 0 Å². The maximum atomic E-state index is 12.4. The van der Waals surface area contributed by atoms with Crippen LogP contribution in [0.15, 0.2) is 76.9 Å². The Morgan fingerprint density at radius 3 is 2.59 bits per heavy atom. The molecule has 0 amide bonds. The molecule has 44 heavy (non-hydrogen) atoms. The summed E-state index contributed by atoms with van der Waals surface area (Å²) in [6, 6.07) is 18.4. The Bertz CT molecular complexity index is 1640. The Hall–Kier alpha value is -2.78. The smallest absolute Gasteiger partial charge is 0.336 e. The van der Waals surface area contributed by atoms with Crippen LogP contribution in [0.25, 0.3) is 16.9 Å². The molecule has 4 fully saturated rings.